The van der Waals surface area contributed by atoms with Gasteiger partial charge in [0.05, 0.1) is 5.52 Å². The maximum atomic E-state index is 13.4. The Labute approximate surface area is 191 Å². The van der Waals surface area contributed by atoms with Crippen LogP contribution >= 0.6 is 0 Å². The van der Waals surface area contributed by atoms with E-state index in [-0.39, 0.29) is 17.6 Å². The van der Waals surface area contributed by atoms with Crippen LogP contribution in [0.2, 0.25) is 0 Å². The van der Waals surface area contributed by atoms with Crippen molar-refractivity contribution < 1.29 is 9.18 Å². The number of nitrogens with zero attached hydrogens (tertiary/aromatic N) is 5. The van der Waals surface area contributed by atoms with Crippen LogP contribution in [-0.2, 0) is 11.8 Å². The molecule has 2 aromatic heterocycles. The maximum absolute atomic E-state index is 13.4. The van der Waals surface area contributed by atoms with Gasteiger partial charge in [0.2, 0.25) is 11.9 Å². The molecule has 168 valence electrons. The zero-order valence-electron chi connectivity index (χ0n) is 18.6. The Hall–Kier alpha value is -3.81. The number of rotatable bonds is 4. The first-order valence-corrected chi connectivity index (χ1v) is 11.1. The van der Waals surface area contributed by atoms with Crippen LogP contribution < -0.4 is 10.2 Å². The number of piperidine rings is 1. The number of carbonyl (C=O) groups excluding carboxylic acids is 1. The standard InChI is InChI=1S/C25H25FN6O/c1-16-14-21(20-8-3-4-9-22(20)27-16)23-29-30-25(31(23)2)32-12-10-17(11-13-32)24(33)28-19-7-5-6-18(26)15-19/h3-9,14-15,17H,10-13H2,1-2H3,(H,28,33). The molecule has 7 nitrogen and oxygen atoms in total. The lowest BCUT2D eigenvalue weighted by Crippen LogP contribution is -2.39. The van der Waals surface area contributed by atoms with Crippen LogP contribution in [-0.4, -0.2) is 38.7 Å². The Morgan fingerprint density at radius 1 is 1.06 bits per heavy atom. The van der Waals surface area contributed by atoms with Crippen molar-refractivity contribution in [2.45, 2.75) is 19.8 Å². The van der Waals surface area contributed by atoms with Crippen LogP contribution in [0.15, 0.2) is 54.6 Å². The van der Waals surface area contributed by atoms with Crippen molar-refractivity contribution in [3.8, 4) is 11.4 Å². The molecule has 1 N–H and O–H groups in total. The zero-order valence-corrected chi connectivity index (χ0v) is 18.6. The number of amides is 1. The molecule has 4 aromatic rings. The molecular formula is C25H25FN6O. The van der Waals surface area contributed by atoms with E-state index in [0.717, 1.165) is 33.9 Å². The third kappa shape index (κ3) is 4.16. The van der Waals surface area contributed by atoms with Crippen molar-refractivity contribution in [1.29, 1.82) is 0 Å². The highest BCUT2D eigenvalue weighted by molar-refractivity contribution is 5.93. The largest absolute Gasteiger partial charge is 0.341 e. The minimum Gasteiger partial charge on any atom is -0.341 e. The highest BCUT2D eigenvalue weighted by Crippen LogP contribution is 2.30. The van der Waals surface area contributed by atoms with E-state index in [1.165, 1.54) is 12.1 Å². The molecule has 33 heavy (non-hydrogen) atoms. The Bertz CT molecular complexity index is 1330. The summed E-state index contributed by atoms with van der Waals surface area (Å²) in [7, 11) is 1.97. The summed E-state index contributed by atoms with van der Waals surface area (Å²) in [6, 6.07) is 16.1. The lowest BCUT2D eigenvalue weighted by molar-refractivity contribution is -0.120. The van der Waals surface area contributed by atoms with Gasteiger partial charge >= 0.3 is 0 Å². The minimum absolute atomic E-state index is 0.0716. The number of pyridine rings is 1. The number of halogens is 1. The lowest BCUT2D eigenvalue weighted by atomic mass is 9.96. The summed E-state index contributed by atoms with van der Waals surface area (Å²) >= 11 is 0. The van der Waals surface area contributed by atoms with Crippen molar-refractivity contribution in [3.63, 3.8) is 0 Å². The van der Waals surface area contributed by atoms with E-state index >= 15 is 0 Å². The van der Waals surface area contributed by atoms with Crippen LogP contribution in [0, 0.1) is 18.7 Å². The molecule has 1 saturated heterocycles. The number of hydrogen-bond donors (Lipinski definition) is 1. The summed E-state index contributed by atoms with van der Waals surface area (Å²) < 4.78 is 15.4. The fourth-order valence-electron chi connectivity index (χ4n) is 4.48. The number of anilines is 2. The van der Waals surface area contributed by atoms with Gasteiger partial charge in [-0.05, 0) is 50.1 Å². The van der Waals surface area contributed by atoms with Gasteiger partial charge in [0, 0.05) is 48.4 Å². The second-order valence-electron chi connectivity index (χ2n) is 8.47. The summed E-state index contributed by atoms with van der Waals surface area (Å²) in [5.41, 5.74) is 3.35. The van der Waals surface area contributed by atoms with Gasteiger partial charge in [-0.15, -0.1) is 10.2 Å². The molecule has 0 radical (unpaired) electrons. The smallest absolute Gasteiger partial charge is 0.227 e. The lowest BCUT2D eigenvalue weighted by Gasteiger charge is -2.31. The second-order valence-corrected chi connectivity index (χ2v) is 8.47. The van der Waals surface area contributed by atoms with Gasteiger partial charge in [-0.25, -0.2) is 4.39 Å². The number of carbonyl (C=O) groups is 1. The topological polar surface area (TPSA) is 75.9 Å². The molecule has 3 heterocycles. The molecule has 0 atom stereocenters. The molecule has 0 saturated carbocycles. The van der Waals surface area contributed by atoms with Gasteiger partial charge in [0.1, 0.15) is 5.82 Å². The quantitative estimate of drug-likeness (QED) is 0.507. The van der Waals surface area contributed by atoms with Gasteiger partial charge in [-0.3, -0.25) is 14.3 Å². The first kappa shape index (κ1) is 21.1. The average Bonchev–Trinajstić information content (AvgIpc) is 3.19. The summed E-state index contributed by atoms with van der Waals surface area (Å²) in [6.07, 6.45) is 1.39. The monoisotopic (exact) mass is 444 g/mol. The number of fused-ring (bicyclic) bond motifs is 1. The van der Waals surface area contributed by atoms with Crippen LogP contribution in [0.25, 0.3) is 22.3 Å². The van der Waals surface area contributed by atoms with Crippen molar-refractivity contribution in [2.24, 2.45) is 13.0 Å². The van der Waals surface area contributed by atoms with E-state index in [1.807, 2.05) is 48.9 Å². The van der Waals surface area contributed by atoms with E-state index in [9.17, 15) is 9.18 Å². The number of aryl methyl sites for hydroxylation is 1. The molecular weight excluding hydrogens is 419 g/mol. The van der Waals surface area contributed by atoms with Gasteiger partial charge < -0.3 is 10.2 Å². The molecule has 8 heteroatoms. The molecule has 0 unspecified atom stereocenters. The van der Waals surface area contributed by atoms with Gasteiger partial charge in [0.15, 0.2) is 5.82 Å². The number of benzene rings is 2. The Balaban J connectivity index is 1.31. The normalized spacial score (nSPS) is 14.6. The summed E-state index contributed by atoms with van der Waals surface area (Å²) in [5, 5.41) is 12.8. The maximum Gasteiger partial charge on any atom is 0.227 e. The number of aromatic nitrogens is 4. The highest BCUT2D eigenvalue weighted by Gasteiger charge is 2.28. The third-order valence-electron chi connectivity index (χ3n) is 6.18. The molecule has 0 bridgehead atoms. The predicted octanol–water partition coefficient (Wildman–Crippen LogP) is 4.33. The Morgan fingerprint density at radius 3 is 2.64 bits per heavy atom. The molecule has 0 spiro atoms. The second kappa shape index (κ2) is 8.61. The van der Waals surface area contributed by atoms with Crippen LogP contribution in [0.1, 0.15) is 18.5 Å². The predicted molar refractivity (Wildman–Crippen MR) is 126 cm³/mol. The first-order chi connectivity index (χ1) is 16.0. The van der Waals surface area contributed by atoms with Crippen molar-refractivity contribution in [3.05, 3.63) is 66.1 Å². The van der Waals surface area contributed by atoms with Crippen LogP contribution in [0.5, 0.6) is 0 Å². The van der Waals surface area contributed by atoms with Crippen molar-refractivity contribution in [1.82, 2.24) is 19.7 Å². The number of nitrogens with one attached hydrogen (secondary N) is 1. The SMILES string of the molecule is Cc1cc(-c2nnc(N3CCC(C(=O)Nc4cccc(F)c4)CC3)n2C)c2ccccc2n1. The highest BCUT2D eigenvalue weighted by atomic mass is 19.1. The van der Waals surface area contributed by atoms with E-state index in [4.69, 9.17) is 0 Å². The van der Waals surface area contributed by atoms with Gasteiger partial charge in [-0.1, -0.05) is 24.3 Å². The fraction of sp³-hybridized carbons (Fsp3) is 0.280. The molecule has 0 aliphatic carbocycles. The molecule has 1 aliphatic heterocycles. The van der Waals surface area contributed by atoms with Gasteiger partial charge in [-0.2, -0.15) is 0 Å². The molecule has 1 fully saturated rings. The Morgan fingerprint density at radius 2 is 1.85 bits per heavy atom. The first-order valence-electron chi connectivity index (χ1n) is 11.1. The molecule has 5 rings (SSSR count). The summed E-state index contributed by atoms with van der Waals surface area (Å²) in [6.45, 7) is 3.37. The van der Waals surface area contributed by atoms with Gasteiger partial charge in [0.25, 0.3) is 0 Å². The Kier molecular flexibility index (Phi) is 5.50. The van der Waals surface area contributed by atoms with Crippen molar-refractivity contribution >= 4 is 28.4 Å². The summed E-state index contributed by atoms with van der Waals surface area (Å²) in [5.74, 6) is 1.02. The van der Waals surface area contributed by atoms with E-state index in [2.05, 4.69) is 25.4 Å². The summed E-state index contributed by atoms with van der Waals surface area (Å²) in [4.78, 5) is 19.4. The molecule has 2 aromatic carbocycles. The average molecular weight is 445 g/mol. The molecule has 1 amide bonds. The zero-order chi connectivity index (χ0) is 22.9. The van der Waals surface area contributed by atoms with Crippen LogP contribution in [0.3, 0.4) is 0 Å². The molecule has 1 aliphatic rings. The third-order valence-corrected chi connectivity index (χ3v) is 6.18. The van der Waals surface area contributed by atoms with Crippen molar-refractivity contribution in [2.75, 3.05) is 23.3 Å². The number of hydrogen-bond acceptors (Lipinski definition) is 5. The minimum atomic E-state index is -0.363. The number of para-hydroxylation sites is 1. The van der Waals surface area contributed by atoms with E-state index in [1.54, 1.807) is 12.1 Å². The van der Waals surface area contributed by atoms with E-state index < -0.39 is 0 Å². The fourth-order valence-corrected chi connectivity index (χ4v) is 4.48. The van der Waals surface area contributed by atoms with Crippen LogP contribution in [0.4, 0.5) is 16.0 Å². The van der Waals surface area contributed by atoms with E-state index in [0.29, 0.717) is 31.6 Å².